The maximum absolute atomic E-state index is 12.6. The zero-order valence-electron chi connectivity index (χ0n) is 17.3. The maximum atomic E-state index is 12.6. The average Bonchev–Trinajstić information content (AvgIpc) is 2.72. The van der Waals surface area contributed by atoms with Gasteiger partial charge in [-0.1, -0.05) is 39.0 Å². The predicted molar refractivity (Wildman–Crippen MR) is 108 cm³/mol. The fourth-order valence-corrected chi connectivity index (χ4v) is 5.23. The van der Waals surface area contributed by atoms with Crippen LogP contribution in [0, 0.1) is 23.7 Å². The maximum Gasteiger partial charge on any atom is 0.416 e. The summed E-state index contributed by atoms with van der Waals surface area (Å²) in [4.78, 5) is 12.1. The third-order valence-corrected chi connectivity index (χ3v) is 7.20. The Balaban J connectivity index is 1.35. The Morgan fingerprint density at radius 1 is 0.897 bits per heavy atom. The Morgan fingerprint density at radius 2 is 1.41 bits per heavy atom. The molecule has 2 aliphatic rings. The van der Waals surface area contributed by atoms with E-state index < -0.39 is 11.7 Å². The van der Waals surface area contributed by atoms with E-state index in [9.17, 15) is 18.0 Å². The molecule has 0 unspecified atom stereocenters. The molecule has 3 rings (SSSR count). The van der Waals surface area contributed by atoms with Crippen LogP contribution in [0.1, 0.15) is 83.1 Å². The molecule has 0 heterocycles. The van der Waals surface area contributed by atoms with E-state index >= 15 is 0 Å². The molecule has 2 nitrogen and oxygen atoms in total. The summed E-state index contributed by atoms with van der Waals surface area (Å²) in [6.45, 7) is 2.30. The van der Waals surface area contributed by atoms with Crippen molar-refractivity contribution in [2.24, 2.45) is 23.7 Å². The molecule has 0 N–H and O–H groups in total. The van der Waals surface area contributed by atoms with Gasteiger partial charge in [-0.05, 0) is 80.0 Å². The van der Waals surface area contributed by atoms with Crippen LogP contribution in [0.2, 0.25) is 0 Å². The van der Waals surface area contributed by atoms with Gasteiger partial charge in [0, 0.05) is 6.42 Å². The number of carbonyl (C=O) groups is 1. The van der Waals surface area contributed by atoms with Crippen molar-refractivity contribution in [1.29, 1.82) is 0 Å². The van der Waals surface area contributed by atoms with Gasteiger partial charge in [-0.2, -0.15) is 13.2 Å². The fourth-order valence-electron chi connectivity index (χ4n) is 5.23. The van der Waals surface area contributed by atoms with Gasteiger partial charge < -0.3 is 4.74 Å². The van der Waals surface area contributed by atoms with Crippen molar-refractivity contribution in [2.75, 3.05) is 0 Å². The molecule has 0 aliphatic heterocycles. The second kappa shape index (κ2) is 9.99. The number of esters is 1. The number of halogens is 3. The number of hydrogen-bond donors (Lipinski definition) is 0. The molecule has 1 aromatic rings. The Labute approximate surface area is 172 Å². The van der Waals surface area contributed by atoms with Gasteiger partial charge in [0.15, 0.2) is 0 Å². The zero-order chi connectivity index (χ0) is 20.9. The first kappa shape index (κ1) is 22.2. The summed E-state index contributed by atoms with van der Waals surface area (Å²) in [6, 6.07) is 4.30. The van der Waals surface area contributed by atoms with Crippen LogP contribution in [-0.2, 0) is 11.0 Å². The van der Waals surface area contributed by atoms with Gasteiger partial charge in [-0.15, -0.1) is 0 Å². The number of rotatable bonds is 6. The summed E-state index contributed by atoms with van der Waals surface area (Å²) < 4.78 is 42.9. The summed E-state index contributed by atoms with van der Waals surface area (Å²) in [6.07, 6.45) is 8.61. The van der Waals surface area contributed by atoms with Crippen LogP contribution < -0.4 is 4.74 Å². The first-order valence-corrected chi connectivity index (χ1v) is 11.2. The Morgan fingerprint density at radius 3 is 1.90 bits per heavy atom. The molecule has 29 heavy (non-hydrogen) atoms. The van der Waals surface area contributed by atoms with E-state index in [0.29, 0.717) is 12.3 Å². The smallest absolute Gasteiger partial charge is 0.416 e. The molecule has 0 saturated heterocycles. The standard InChI is InChI=1S/C24H33F3O2/c1-2-17-3-8-19(9-4-17)20-10-5-18(6-11-20)7-16-23(28)29-22-14-12-21(13-15-22)24(25,26)27/h12-15,17-20H,2-11,16H2,1H3/t17-,18-,19-,20-. The van der Waals surface area contributed by atoms with Gasteiger partial charge in [0.05, 0.1) is 5.56 Å². The summed E-state index contributed by atoms with van der Waals surface area (Å²) in [7, 11) is 0. The highest BCUT2D eigenvalue weighted by Gasteiger charge is 2.31. The van der Waals surface area contributed by atoms with Crippen LogP contribution in [0.3, 0.4) is 0 Å². The van der Waals surface area contributed by atoms with Crippen LogP contribution in [0.15, 0.2) is 24.3 Å². The van der Waals surface area contributed by atoms with Gasteiger partial charge in [0.1, 0.15) is 5.75 Å². The van der Waals surface area contributed by atoms with Crippen molar-refractivity contribution in [2.45, 2.75) is 83.7 Å². The molecular formula is C24H33F3O2. The number of alkyl halides is 3. The van der Waals surface area contributed by atoms with E-state index in [1.165, 1.54) is 69.9 Å². The quantitative estimate of drug-likeness (QED) is 0.360. The lowest BCUT2D eigenvalue weighted by molar-refractivity contribution is -0.137. The van der Waals surface area contributed by atoms with Crippen LogP contribution >= 0.6 is 0 Å². The number of benzene rings is 1. The molecule has 1 aromatic carbocycles. The van der Waals surface area contributed by atoms with Gasteiger partial charge in [-0.25, -0.2) is 0 Å². The van der Waals surface area contributed by atoms with Crippen molar-refractivity contribution in [3.63, 3.8) is 0 Å². The first-order chi connectivity index (χ1) is 13.8. The van der Waals surface area contributed by atoms with Crippen molar-refractivity contribution in [3.05, 3.63) is 29.8 Å². The largest absolute Gasteiger partial charge is 0.427 e. The summed E-state index contributed by atoms with van der Waals surface area (Å²) in [5.41, 5.74) is -0.739. The van der Waals surface area contributed by atoms with E-state index in [4.69, 9.17) is 4.74 Å². The monoisotopic (exact) mass is 410 g/mol. The molecular weight excluding hydrogens is 377 g/mol. The Kier molecular flexibility index (Phi) is 7.64. The third-order valence-electron chi connectivity index (χ3n) is 7.20. The van der Waals surface area contributed by atoms with Gasteiger partial charge in [-0.3, -0.25) is 4.79 Å². The fraction of sp³-hybridized carbons (Fsp3) is 0.708. The third kappa shape index (κ3) is 6.48. The molecule has 0 amide bonds. The normalized spacial score (nSPS) is 28.1. The lowest BCUT2D eigenvalue weighted by Gasteiger charge is -2.37. The summed E-state index contributed by atoms with van der Waals surface area (Å²) in [5.74, 6) is 3.10. The highest BCUT2D eigenvalue weighted by atomic mass is 19.4. The van der Waals surface area contributed by atoms with E-state index in [0.717, 1.165) is 36.3 Å². The molecule has 162 valence electrons. The number of carbonyl (C=O) groups excluding carboxylic acids is 1. The molecule has 2 fully saturated rings. The van der Waals surface area contributed by atoms with Crippen LogP contribution in [-0.4, -0.2) is 5.97 Å². The molecule has 0 aromatic heterocycles. The van der Waals surface area contributed by atoms with Crippen molar-refractivity contribution in [1.82, 2.24) is 0 Å². The van der Waals surface area contributed by atoms with Gasteiger partial charge in [0.2, 0.25) is 0 Å². The zero-order valence-corrected chi connectivity index (χ0v) is 17.3. The van der Waals surface area contributed by atoms with Crippen molar-refractivity contribution in [3.8, 4) is 5.75 Å². The van der Waals surface area contributed by atoms with E-state index in [-0.39, 0.29) is 11.7 Å². The molecule has 2 saturated carbocycles. The summed E-state index contributed by atoms with van der Waals surface area (Å²) in [5, 5.41) is 0. The molecule has 0 bridgehead atoms. The predicted octanol–water partition coefficient (Wildman–Crippen LogP) is 7.41. The van der Waals surface area contributed by atoms with Crippen LogP contribution in [0.4, 0.5) is 13.2 Å². The van der Waals surface area contributed by atoms with Crippen LogP contribution in [0.25, 0.3) is 0 Å². The van der Waals surface area contributed by atoms with Crippen molar-refractivity contribution < 1.29 is 22.7 Å². The Hall–Kier alpha value is -1.52. The van der Waals surface area contributed by atoms with Crippen molar-refractivity contribution >= 4 is 5.97 Å². The second-order valence-electron chi connectivity index (χ2n) is 9.00. The molecule has 5 heteroatoms. The van der Waals surface area contributed by atoms with E-state index in [1.54, 1.807) is 0 Å². The molecule has 2 aliphatic carbocycles. The first-order valence-electron chi connectivity index (χ1n) is 11.2. The highest BCUT2D eigenvalue weighted by Crippen LogP contribution is 2.42. The van der Waals surface area contributed by atoms with E-state index in [2.05, 4.69) is 6.92 Å². The number of ether oxygens (including phenoxy) is 1. The molecule has 0 radical (unpaired) electrons. The van der Waals surface area contributed by atoms with Gasteiger partial charge in [0.25, 0.3) is 0 Å². The minimum Gasteiger partial charge on any atom is -0.427 e. The van der Waals surface area contributed by atoms with Crippen LogP contribution in [0.5, 0.6) is 5.75 Å². The average molecular weight is 411 g/mol. The lowest BCUT2D eigenvalue weighted by atomic mass is 9.68. The minimum absolute atomic E-state index is 0.175. The number of hydrogen-bond acceptors (Lipinski definition) is 2. The minimum atomic E-state index is -4.38. The van der Waals surface area contributed by atoms with Gasteiger partial charge >= 0.3 is 12.1 Å². The molecule has 0 atom stereocenters. The SMILES string of the molecule is CC[C@H]1CC[C@H]([C@H]2CC[C@H](CCC(=O)Oc3ccc(C(F)(F)F)cc3)CC2)CC1. The molecule has 0 spiro atoms. The Bertz CT molecular complexity index is 637. The summed E-state index contributed by atoms with van der Waals surface area (Å²) >= 11 is 0. The lowest BCUT2D eigenvalue weighted by Crippen LogP contribution is -2.26. The topological polar surface area (TPSA) is 26.3 Å². The second-order valence-corrected chi connectivity index (χ2v) is 9.00. The van der Waals surface area contributed by atoms with E-state index in [1.807, 2.05) is 0 Å². The highest BCUT2D eigenvalue weighted by molar-refractivity contribution is 5.72.